The average Bonchev–Trinajstić information content (AvgIpc) is 3.20. The first-order valence-corrected chi connectivity index (χ1v) is 20.4. The van der Waals surface area contributed by atoms with Gasteiger partial charge in [-0.2, -0.15) is 0 Å². The predicted octanol–water partition coefficient (Wildman–Crippen LogP) is 16.5. The Kier molecular flexibility index (Phi) is 15.4. The predicted molar refractivity (Wildman–Crippen MR) is 255 cm³/mol. The van der Waals surface area contributed by atoms with Crippen LogP contribution in [0.25, 0.3) is 44.5 Å². The van der Waals surface area contributed by atoms with E-state index in [2.05, 4.69) is 251 Å². The number of benzene rings is 8. The normalized spacial score (nSPS) is 10.2. The summed E-state index contributed by atoms with van der Waals surface area (Å²) in [6.45, 7) is 21.5. The van der Waals surface area contributed by atoms with Crippen molar-refractivity contribution >= 4 is 0 Å². The first-order valence-electron chi connectivity index (χ1n) is 20.4. The summed E-state index contributed by atoms with van der Waals surface area (Å²) >= 11 is 0. The highest BCUT2D eigenvalue weighted by Crippen LogP contribution is 2.29. The van der Waals surface area contributed by atoms with E-state index in [1.165, 1.54) is 100 Å². The fourth-order valence-corrected chi connectivity index (χ4v) is 7.32. The Bertz CT molecular complexity index is 2450. The van der Waals surface area contributed by atoms with Crippen molar-refractivity contribution in [2.45, 2.75) is 69.2 Å². The SMILES string of the molecule is Cc1ccc(-c2ccc(C)cc2C)c(C)c1.Cc1ccc(-c2ccccc2C)cc1.Cc1cccc(-c2ccccc2C)c1.Cc1ccccc1-c1ccccc1C. The van der Waals surface area contributed by atoms with Gasteiger partial charge in [-0.1, -0.05) is 204 Å². The molecule has 0 aromatic heterocycles. The van der Waals surface area contributed by atoms with Crippen molar-refractivity contribution in [3.63, 3.8) is 0 Å². The fraction of sp³-hybridized carbons (Fsp3) is 0.172. The molecule has 0 saturated heterocycles. The minimum Gasteiger partial charge on any atom is -0.0620 e. The minimum atomic E-state index is 1.30. The van der Waals surface area contributed by atoms with Crippen molar-refractivity contribution in [3.8, 4) is 44.5 Å². The first kappa shape index (κ1) is 42.9. The van der Waals surface area contributed by atoms with Gasteiger partial charge >= 0.3 is 0 Å². The van der Waals surface area contributed by atoms with Crippen LogP contribution < -0.4 is 0 Å². The molecule has 292 valence electrons. The third-order valence-electron chi connectivity index (χ3n) is 10.6. The first-order chi connectivity index (χ1) is 27.9. The summed E-state index contributed by atoms with van der Waals surface area (Å²) in [5.74, 6) is 0. The Morgan fingerprint density at radius 1 is 0.190 bits per heavy atom. The summed E-state index contributed by atoms with van der Waals surface area (Å²) in [5, 5.41) is 0. The van der Waals surface area contributed by atoms with Crippen LogP contribution in [-0.2, 0) is 0 Å². The molecule has 0 unspecified atom stereocenters. The maximum Gasteiger partial charge on any atom is -0.0152 e. The third-order valence-corrected chi connectivity index (χ3v) is 10.6. The van der Waals surface area contributed by atoms with E-state index >= 15 is 0 Å². The average molecular weight is 757 g/mol. The van der Waals surface area contributed by atoms with Gasteiger partial charge in [0.1, 0.15) is 0 Å². The van der Waals surface area contributed by atoms with Gasteiger partial charge in [-0.15, -0.1) is 0 Å². The van der Waals surface area contributed by atoms with E-state index in [4.69, 9.17) is 0 Å². The van der Waals surface area contributed by atoms with Crippen LogP contribution in [0.5, 0.6) is 0 Å². The molecule has 0 spiro atoms. The zero-order valence-corrected chi connectivity index (χ0v) is 36.3. The van der Waals surface area contributed by atoms with Gasteiger partial charge in [0.15, 0.2) is 0 Å². The van der Waals surface area contributed by atoms with Gasteiger partial charge in [0, 0.05) is 0 Å². The maximum atomic E-state index is 2.24. The maximum absolute atomic E-state index is 2.24. The molecule has 0 heteroatoms. The van der Waals surface area contributed by atoms with Crippen LogP contribution in [0.2, 0.25) is 0 Å². The molecular weight excluding hydrogens is 697 g/mol. The van der Waals surface area contributed by atoms with E-state index in [0.29, 0.717) is 0 Å². The Labute approximate surface area is 349 Å². The van der Waals surface area contributed by atoms with Gasteiger partial charge in [-0.05, 0) is 147 Å². The fourth-order valence-electron chi connectivity index (χ4n) is 7.32. The second-order valence-electron chi connectivity index (χ2n) is 15.6. The van der Waals surface area contributed by atoms with E-state index < -0.39 is 0 Å². The van der Waals surface area contributed by atoms with Crippen LogP contribution in [0.3, 0.4) is 0 Å². The van der Waals surface area contributed by atoms with Gasteiger partial charge in [-0.25, -0.2) is 0 Å². The van der Waals surface area contributed by atoms with Gasteiger partial charge in [0.05, 0.1) is 0 Å². The molecule has 0 aliphatic heterocycles. The molecule has 0 N–H and O–H groups in total. The van der Waals surface area contributed by atoms with E-state index in [9.17, 15) is 0 Å². The lowest BCUT2D eigenvalue weighted by Gasteiger charge is -2.10. The lowest BCUT2D eigenvalue weighted by Crippen LogP contribution is -1.88. The van der Waals surface area contributed by atoms with Crippen LogP contribution in [0.1, 0.15) is 55.6 Å². The van der Waals surface area contributed by atoms with Crippen molar-refractivity contribution in [3.05, 3.63) is 238 Å². The van der Waals surface area contributed by atoms with Crippen LogP contribution in [0, 0.1) is 69.2 Å². The summed E-state index contributed by atoms with van der Waals surface area (Å²) < 4.78 is 0. The number of hydrogen-bond acceptors (Lipinski definition) is 0. The highest BCUT2D eigenvalue weighted by molar-refractivity contribution is 5.72. The number of hydrogen-bond donors (Lipinski definition) is 0. The van der Waals surface area contributed by atoms with Crippen molar-refractivity contribution in [2.75, 3.05) is 0 Å². The van der Waals surface area contributed by atoms with E-state index in [1.54, 1.807) is 0 Å². The Morgan fingerprint density at radius 3 is 0.897 bits per heavy atom. The molecule has 8 rings (SSSR count). The molecule has 8 aromatic rings. The monoisotopic (exact) mass is 756 g/mol. The number of rotatable bonds is 4. The van der Waals surface area contributed by atoms with Gasteiger partial charge < -0.3 is 0 Å². The highest BCUT2D eigenvalue weighted by atomic mass is 14.1. The molecule has 0 nitrogen and oxygen atoms in total. The summed E-state index contributed by atoms with van der Waals surface area (Å²) in [6, 6.07) is 64.6. The van der Waals surface area contributed by atoms with Crippen LogP contribution in [0.4, 0.5) is 0 Å². The number of aryl methyl sites for hydroxylation is 10. The largest absolute Gasteiger partial charge is 0.0620 e. The summed E-state index contributed by atoms with van der Waals surface area (Å²) in [7, 11) is 0. The summed E-state index contributed by atoms with van der Waals surface area (Å²) in [5.41, 5.74) is 23.9. The molecule has 58 heavy (non-hydrogen) atoms. The molecule has 0 radical (unpaired) electrons. The summed E-state index contributed by atoms with van der Waals surface area (Å²) in [4.78, 5) is 0. The quantitative estimate of drug-likeness (QED) is 0.168. The topological polar surface area (TPSA) is 0 Å². The molecule has 0 fully saturated rings. The van der Waals surface area contributed by atoms with Crippen molar-refractivity contribution < 1.29 is 0 Å². The second kappa shape index (κ2) is 20.8. The van der Waals surface area contributed by atoms with Crippen LogP contribution >= 0.6 is 0 Å². The molecule has 0 bridgehead atoms. The smallest absolute Gasteiger partial charge is 0.0152 e. The molecule has 0 amide bonds. The highest BCUT2D eigenvalue weighted by Gasteiger charge is 2.06. The van der Waals surface area contributed by atoms with Crippen molar-refractivity contribution in [1.82, 2.24) is 0 Å². The zero-order valence-electron chi connectivity index (χ0n) is 36.3. The van der Waals surface area contributed by atoms with Crippen molar-refractivity contribution in [2.24, 2.45) is 0 Å². The molecule has 0 saturated carbocycles. The molecule has 0 aliphatic carbocycles. The third kappa shape index (κ3) is 11.9. The van der Waals surface area contributed by atoms with E-state index in [-0.39, 0.29) is 0 Å². The Morgan fingerprint density at radius 2 is 0.517 bits per heavy atom. The lowest BCUT2D eigenvalue weighted by atomic mass is 9.94. The van der Waals surface area contributed by atoms with Gasteiger partial charge in [0.2, 0.25) is 0 Å². The Hall–Kier alpha value is -6.24. The molecule has 0 heterocycles. The minimum absolute atomic E-state index is 1.30. The standard InChI is InChI=1S/C16H18.3C14H14/c1-11-5-7-15(13(3)9-11)16-8-6-12(2)10-14(16)4;1-11-7-3-5-9-13(11)14-10-6-4-8-12(14)2;1-11-6-5-8-13(10-11)14-9-4-3-7-12(14)2;1-11-7-9-13(10-8-11)14-6-4-3-5-12(14)2/h5-10H,1-4H3;3*3-10H,1-2H3. The Balaban J connectivity index is 0.000000148. The summed E-state index contributed by atoms with van der Waals surface area (Å²) in [6.07, 6.45) is 0. The van der Waals surface area contributed by atoms with E-state index in [0.717, 1.165) is 0 Å². The molecule has 0 atom stereocenters. The lowest BCUT2D eigenvalue weighted by molar-refractivity contribution is 1.34. The zero-order chi connectivity index (χ0) is 41.6. The van der Waals surface area contributed by atoms with Crippen LogP contribution in [0.15, 0.2) is 182 Å². The van der Waals surface area contributed by atoms with Crippen molar-refractivity contribution in [1.29, 1.82) is 0 Å². The molecular formula is C58H60. The van der Waals surface area contributed by atoms with Gasteiger partial charge in [0.25, 0.3) is 0 Å². The molecule has 0 aliphatic rings. The van der Waals surface area contributed by atoms with Gasteiger partial charge in [-0.3, -0.25) is 0 Å². The van der Waals surface area contributed by atoms with E-state index in [1.807, 2.05) is 0 Å². The molecule has 8 aromatic carbocycles. The second-order valence-corrected chi connectivity index (χ2v) is 15.6. The van der Waals surface area contributed by atoms with Crippen LogP contribution in [-0.4, -0.2) is 0 Å².